The van der Waals surface area contributed by atoms with E-state index in [0.29, 0.717) is 12.5 Å². The summed E-state index contributed by atoms with van der Waals surface area (Å²) in [5.74, 6) is 0.517. The van der Waals surface area contributed by atoms with Gasteiger partial charge in [-0.15, -0.1) is 0 Å². The van der Waals surface area contributed by atoms with Crippen LogP contribution in [0.4, 0.5) is 0 Å². The Bertz CT molecular complexity index is 383. The van der Waals surface area contributed by atoms with Gasteiger partial charge in [-0.25, -0.2) is 0 Å². The zero-order valence-corrected chi connectivity index (χ0v) is 12.4. The summed E-state index contributed by atoms with van der Waals surface area (Å²) in [6, 6.07) is 6.50. The lowest BCUT2D eigenvalue weighted by atomic mass is 9.94. The summed E-state index contributed by atoms with van der Waals surface area (Å²) in [7, 11) is 0. The summed E-state index contributed by atoms with van der Waals surface area (Å²) in [5, 5.41) is 13.5. The van der Waals surface area contributed by atoms with Crippen LogP contribution in [-0.2, 0) is 6.54 Å². The van der Waals surface area contributed by atoms with E-state index >= 15 is 0 Å². The molecule has 0 amide bonds. The van der Waals surface area contributed by atoms with Gasteiger partial charge in [0.05, 0.1) is 5.60 Å². The van der Waals surface area contributed by atoms with E-state index in [4.69, 9.17) is 0 Å². The predicted molar refractivity (Wildman–Crippen MR) is 77.7 cm³/mol. The summed E-state index contributed by atoms with van der Waals surface area (Å²) in [4.78, 5) is 0. The molecule has 0 bridgehead atoms. The van der Waals surface area contributed by atoms with Crippen LogP contribution in [0.3, 0.4) is 0 Å². The molecule has 0 saturated carbocycles. The quantitative estimate of drug-likeness (QED) is 0.811. The molecule has 0 aromatic heterocycles. The molecule has 1 aromatic rings. The van der Waals surface area contributed by atoms with Crippen molar-refractivity contribution in [2.45, 2.75) is 53.2 Å². The van der Waals surface area contributed by atoms with Crippen molar-refractivity contribution in [1.82, 2.24) is 5.32 Å². The number of hydrogen-bond donors (Lipinski definition) is 2. The van der Waals surface area contributed by atoms with E-state index in [0.717, 1.165) is 13.0 Å². The first kappa shape index (κ1) is 15.2. The largest absolute Gasteiger partial charge is 0.389 e. The monoisotopic (exact) mass is 249 g/mol. The Hall–Kier alpha value is -0.860. The Kier molecular flexibility index (Phi) is 5.36. The number of benzene rings is 1. The Morgan fingerprint density at radius 2 is 1.89 bits per heavy atom. The van der Waals surface area contributed by atoms with E-state index in [1.54, 1.807) is 0 Å². The van der Waals surface area contributed by atoms with Crippen LogP contribution >= 0.6 is 0 Å². The van der Waals surface area contributed by atoms with Gasteiger partial charge in [0.1, 0.15) is 0 Å². The lowest BCUT2D eigenvalue weighted by Crippen LogP contribution is -2.38. The van der Waals surface area contributed by atoms with Crippen molar-refractivity contribution in [2.24, 2.45) is 5.92 Å². The van der Waals surface area contributed by atoms with Crippen LogP contribution < -0.4 is 5.32 Å². The maximum Gasteiger partial charge on any atom is 0.0746 e. The van der Waals surface area contributed by atoms with Crippen LogP contribution in [0.25, 0.3) is 0 Å². The molecule has 0 aliphatic rings. The van der Waals surface area contributed by atoms with Gasteiger partial charge < -0.3 is 10.4 Å². The number of rotatable bonds is 6. The van der Waals surface area contributed by atoms with Gasteiger partial charge >= 0.3 is 0 Å². The van der Waals surface area contributed by atoms with Gasteiger partial charge in [0.25, 0.3) is 0 Å². The minimum Gasteiger partial charge on any atom is -0.389 e. The van der Waals surface area contributed by atoms with E-state index in [-0.39, 0.29) is 0 Å². The fraction of sp³-hybridized carbons (Fsp3) is 0.625. The van der Waals surface area contributed by atoms with E-state index in [9.17, 15) is 5.11 Å². The third-order valence-electron chi connectivity index (χ3n) is 3.25. The smallest absolute Gasteiger partial charge is 0.0746 e. The molecule has 0 fully saturated rings. The minimum atomic E-state index is -0.617. The molecule has 0 aliphatic heterocycles. The van der Waals surface area contributed by atoms with Crippen LogP contribution in [0, 0.1) is 19.8 Å². The van der Waals surface area contributed by atoms with E-state index in [2.05, 4.69) is 51.2 Å². The summed E-state index contributed by atoms with van der Waals surface area (Å²) >= 11 is 0. The standard InChI is InChI=1S/C16H27NO/c1-12(2)9-16(5,18)11-17-10-15-7-6-13(3)14(4)8-15/h6-8,12,17-18H,9-11H2,1-5H3. The number of nitrogens with one attached hydrogen (secondary N) is 1. The van der Waals surface area contributed by atoms with Gasteiger partial charge in [-0.1, -0.05) is 32.0 Å². The highest BCUT2D eigenvalue weighted by atomic mass is 16.3. The van der Waals surface area contributed by atoms with Gasteiger partial charge in [-0.2, -0.15) is 0 Å². The average Bonchev–Trinajstić information content (AvgIpc) is 2.21. The molecule has 0 radical (unpaired) electrons. The highest BCUT2D eigenvalue weighted by Crippen LogP contribution is 2.15. The van der Waals surface area contributed by atoms with E-state index in [1.165, 1.54) is 16.7 Å². The Morgan fingerprint density at radius 1 is 1.22 bits per heavy atom. The van der Waals surface area contributed by atoms with Crippen molar-refractivity contribution >= 4 is 0 Å². The van der Waals surface area contributed by atoms with Gasteiger partial charge in [-0.3, -0.25) is 0 Å². The van der Waals surface area contributed by atoms with Gasteiger partial charge in [-0.05, 0) is 49.8 Å². The Labute approximate surface area is 111 Å². The van der Waals surface area contributed by atoms with Gasteiger partial charge in [0.15, 0.2) is 0 Å². The summed E-state index contributed by atoms with van der Waals surface area (Å²) in [6.45, 7) is 11.9. The molecule has 2 nitrogen and oxygen atoms in total. The zero-order valence-electron chi connectivity index (χ0n) is 12.4. The first-order valence-corrected chi connectivity index (χ1v) is 6.79. The first-order valence-electron chi connectivity index (χ1n) is 6.79. The molecule has 0 saturated heterocycles. The molecular formula is C16H27NO. The molecule has 102 valence electrons. The molecule has 0 spiro atoms. The molecule has 0 aliphatic carbocycles. The van der Waals surface area contributed by atoms with E-state index < -0.39 is 5.60 Å². The Balaban J connectivity index is 2.43. The van der Waals surface area contributed by atoms with Crippen LogP contribution in [0.15, 0.2) is 18.2 Å². The molecule has 1 unspecified atom stereocenters. The third-order valence-corrected chi connectivity index (χ3v) is 3.25. The maximum atomic E-state index is 10.2. The van der Waals surface area contributed by atoms with E-state index in [1.807, 2.05) is 6.92 Å². The highest BCUT2D eigenvalue weighted by molar-refractivity contribution is 5.29. The van der Waals surface area contributed by atoms with Crippen LogP contribution in [0.2, 0.25) is 0 Å². The molecule has 18 heavy (non-hydrogen) atoms. The number of aliphatic hydroxyl groups is 1. The molecule has 1 atom stereocenters. The minimum absolute atomic E-state index is 0.517. The normalized spacial score (nSPS) is 14.8. The van der Waals surface area contributed by atoms with Gasteiger partial charge in [0, 0.05) is 13.1 Å². The SMILES string of the molecule is Cc1ccc(CNCC(C)(O)CC(C)C)cc1C. The third kappa shape index (κ3) is 5.19. The molecule has 2 heteroatoms. The molecular weight excluding hydrogens is 222 g/mol. The summed E-state index contributed by atoms with van der Waals surface area (Å²) < 4.78 is 0. The molecule has 1 aromatic carbocycles. The second-order valence-corrected chi connectivity index (χ2v) is 6.12. The predicted octanol–water partition coefficient (Wildman–Crippen LogP) is 3.19. The van der Waals surface area contributed by atoms with Crippen LogP contribution in [-0.4, -0.2) is 17.3 Å². The zero-order chi connectivity index (χ0) is 13.8. The lowest BCUT2D eigenvalue weighted by molar-refractivity contribution is 0.0383. The average molecular weight is 249 g/mol. The Morgan fingerprint density at radius 3 is 2.44 bits per heavy atom. The number of hydrogen-bond acceptors (Lipinski definition) is 2. The van der Waals surface area contributed by atoms with Gasteiger partial charge in [0.2, 0.25) is 0 Å². The fourth-order valence-electron chi connectivity index (χ4n) is 2.34. The lowest BCUT2D eigenvalue weighted by Gasteiger charge is -2.25. The second kappa shape index (κ2) is 6.35. The molecule has 2 N–H and O–H groups in total. The van der Waals surface area contributed by atoms with Crippen LogP contribution in [0.1, 0.15) is 43.9 Å². The van der Waals surface area contributed by atoms with Crippen molar-refractivity contribution in [1.29, 1.82) is 0 Å². The van der Waals surface area contributed by atoms with Crippen LogP contribution in [0.5, 0.6) is 0 Å². The van der Waals surface area contributed by atoms with Crippen molar-refractivity contribution in [2.75, 3.05) is 6.54 Å². The maximum absolute atomic E-state index is 10.2. The second-order valence-electron chi connectivity index (χ2n) is 6.12. The summed E-state index contributed by atoms with van der Waals surface area (Å²) in [5.41, 5.74) is 3.31. The molecule has 0 heterocycles. The topological polar surface area (TPSA) is 32.3 Å². The molecule has 1 rings (SSSR count). The van der Waals surface area contributed by atoms with Crippen molar-refractivity contribution in [3.63, 3.8) is 0 Å². The number of aryl methyl sites for hydroxylation is 2. The van der Waals surface area contributed by atoms with Crippen molar-refractivity contribution in [3.05, 3.63) is 34.9 Å². The van der Waals surface area contributed by atoms with Crippen molar-refractivity contribution in [3.8, 4) is 0 Å². The summed E-state index contributed by atoms with van der Waals surface area (Å²) in [6.07, 6.45) is 0.826. The highest BCUT2D eigenvalue weighted by Gasteiger charge is 2.20. The first-order chi connectivity index (χ1) is 8.30. The fourth-order valence-corrected chi connectivity index (χ4v) is 2.34. The van der Waals surface area contributed by atoms with Crippen molar-refractivity contribution < 1.29 is 5.11 Å².